The van der Waals surface area contributed by atoms with Crippen molar-refractivity contribution >= 4 is 0 Å². The van der Waals surface area contributed by atoms with Gasteiger partial charge in [-0.1, -0.05) is 0 Å². The van der Waals surface area contributed by atoms with Crippen LogP contribution in [0.2, 0.25) is 0 Å². The summed E-state index contributed by atoms with van der Waals surface area (Å²) in [6.07, 6.45) is 5.42. The summed E-state index contributed by atoms with van der Waals surface area (Å²) < 4.78 is 7.49. The van der Waals surface area contributed by atoms with E-state index in [1.165, 1.54) is 0 Å². The van der Waals surface area contributed by atoms with Crippen molar-refractivity contribution in [1.29, 1.82) is 0 Å². The van der Waals surface area contributed by atoms with Crippen molar-refractivity contribution in [2.45, 2.75) is 25.6 Å². The molecule has 0 bridgehead atoms. The second-order valence-electron chi connectivity index (χ2n) is 4.69. The van der Waals surface area contributed by atoms with Gasteiger partial charge in [0, 0.05) is 25.5 Å². The maximum absolute atomic E-state index is 6.07. The van der Waals surface area contributed by atoms with Gasteiger partial charge in [0.15, 0.2) is 0 Å². The highest BCUT2D eigenvalue weighted by atomic mass is 16.3. The highest BCUT2D eigenvalue weighted by Crippen LogP contribution is 2.23. The molecule has 2 heterocycles. The molecular weight excluding hydrogens is 228 g/mol. The molecule has 2 N–H and O–H groups in total. The Labute approximate surface area is 107 Å². The summed E-state index contributed by atoms with van der Waals surface area (Å²) in [5, 5.41) is 0. The van der Waals surface area contributed by atoms with E-state index in [1.807, 2.05) is 43.9 Å². The number of furan rings is 1. The fourth-order valence-electron chi connectivity index (χ4n) is 2.21. The largest absolute Gasteiger partial charge is 0.468 e. The van der Waals surface area contributed by atoms with Crippen LogP contribution in [0.15, 0.2) is 35.2 Å². The SMILES string of the molecule is CC(N)C(c1ccco1)N(C)Cc1nccn1C. The van der Waals surface area contributed by atoms with Gasteiger partial charge in [-0.25, -0.2) is 4.98 Å². The molecule has 2 rings (SSSR count). The summed E-state index contributed by atoms with van der Waals surface area (Å²) >= 11 is 0. The maximum atomic E-state index is 6.07. The second kappa shape index (κ2) is 5.37. The number of aromatic nitrogens is 2. The molecule has 0 aromatic carbocycles. The molecule has 0 spiro atoms. The first kappa shape index (κ1) is 12.9. The highest BCUT2D eigenvalue weighted by Gasteiger charge is 2.24. The molecule has 0 amide bonds. The Kier molecular flexibility index (Phi) is 3.84. The lowest BCUT2D eigenvalue weighted by Gasteiger charge is -2.29. The number of rotatable bonds is 5. The van der Waals surface area contributed by atoms with E-state index in [0.717, 1.165) is 18.1 Å². The summed E-state index contributed by atoms with van der Waals surface area (Å²) in [6.45, 7) is 2.72. The summed E-state index contributed by atoms with van der Waals surface area (Å²) in [4.78, 5) is 6.49. The Bertz CT molecular complexity index is 475. The van der Waals surface area contributed by atoms with E-state index >= 15 is 0 Å². The van der Waals surface area contributed by atoms with E-state index in [-0.39, 0.29) is 12.1 Å². The smallest absolute Gasteiger partial charge is 0.122 e. The zero-order valence-corrected chi connectivity index (χ0v) is 11.1. The predicted molar refractivity (Wildman–Crippen MR) is 69.8 cm³/mol. The average molecular weight is 248 g/mol. The minimum atomic E-state index is -0.0126. The normalized spacial score (nSPS) is 14.9. The monoisotopic (exact) mass is 248 g/mol. The standard InChI is InChI=1S/C13H20N4O/c1-10(14)13(11-5-4-8-18-11)17(3)9-12-15-6-7-16(12)2/h4-8,10,13H,9,14H2,1-3H3. The van der Waals surface area contributed by atoms with Gasteiger partial charge >= 0.3 is 0 Å². The van der Waals surface area contributed by atoms with Gasteiger partial charge in [-0.2, -0.15) is 0 Å². The molecule has 2 aromatic rings. The molecule has 98 valence electrons. The quantitative estimate of drug-likeness (QED) is 0.871. The minimum Gasteiger partial charge on any atom is -0.468 e. The Morgan fingerprint density at radius 1 is 1.56 bits per heavy atom. The molecule has 5 nitrogen and oxygen atoms in total. The lowest BCUT2D eigenvalue weighted by molar-refractivity contribution is 0.179. The predicted octanol–water partition coefficient (Wildman–Crippen LogP) is 1.53. The average Bonchev–Trinajstić information content (AvgIpc) is 2.92. The molecule has 0 fully saturated rings. The van der Waals surface area contributed by atoms with E-state index in [9.17, 15) is 0 Å². The van der Waals surface area contributed by atoms with Crippen LogP contribution in [0.25, 0.3) is 0 Å². The molecule has 0 saturated carbocycles. The van der Waals surface area contributed by atoms with Gasteiger partial charge in [0.2, 0.25) is 0 Å². The first-order valence-corrected chi connectivity index (χ1v) is 6.05. The Morgan fingerprint density at radius 3 is 2.83 bits per heavy atom. The fraction of sp³-hybridized carbons (Fsp3) is 0.462. The van der Waals surface area contributed by atoms with Crippen LogP contribution < -0.4 is 5.73 Å². The summed E-state index contributed by atoms with van der Waals surface area (Å²) in [5.74, 6) is 1.90. The third kappa shape index (κ3) is 2.63. The van der Waals surface area contributed by atoms with Crippen LogP contribution in [0.1, 0.15) is 24.6 Å². The molecule has 18 heavy (non-hydrogen) atoms. The van der Waals surface area contributed by atoms with E-state index in [2.05, 4.69) is 9.88 Å². The lowest BCUT2D eigenvalue weighted by Crippen LogP contribution is -2.37. The van der Waals surface area contributed by atoms with Gasteiger partial charge in [-0.3, -0.25) is 4.90 Å². The van der Waals surface area contributed by atoms with Crippen molar-refractivity contribution < 1.29 is 4.42 Å². The van der Waals surface area contributed by atoms with Crippen LogP contribution in [0.3, 0.4) is 0 Å². The number of imidazole rings is 1. The van der Waals surface area contributed by atoms with Gasteiger partial charge in [0.25, 0.3) is 0 Å². The Morgan fingerprint density at radius 2 is 2.33 bits per heavy atom. The molecule has 0 aliphatic rings. The molecule has 0 aliphatic carbocycles. The van der Waals surface area contributed by atoms with Gasteiger partial charge < -0.3 is 14.7 Å². The fourth-order valence-corrected chi connectivity index (χ4v) is 2.21. The third-order valence-corrected chi connectivity index (χ3v) is 3.12. The summed E-state index contributed by atoms with van der Waals surface area (Å²) in [6, 6.07) is 3.89. The van der Waals surface area contributed by atoms with Crippen molar-refractivity contribution in [3.63, 3.8) is 0 Å². The first-order chi connectivity index (χ1) is 8.59. The van der Waals surface area contributed by atoms with Gasteiger partial charge in [0.05, 0.1) is 18.8 Å². The lowest BCUT2D eigenvalue weighted by atomic mass is 10.1. The zero-order valence-electron chi connectivity index (χ0n) is 11.1. The molecule has 2 aromatic heterocycles. The zero-order chi connectivity index (χ0) is 13.1. The van der Waals surface area contributed by atoms with Crippen LogP contribution in [0.4, 0.5) is 0 Å². The molecule has 2 unspecified atom stereocenters. The van der Waals surface area contributed by atoms with Crippen LogP contribution in [0.5, 0.6) is 0 Å². The van der Waals surface area contributed by atoms with Crippen molar-refractivity contribution in [3.05, 3.63) is 42.4 Å². The Hall–Kier alpha value is -1.59. The number of aryl methyl sites for hydroxylation is 1. The van der Waals surface area contributed by atoms with Crippen LogP contribution in [-0.4, -0.2) is 27.5 Å². The van der Waals surface area contributed by atoms with E-state index in [0.29, 0.717) is 0 Å². The second-order valence-corrected chi connectivity index (χ2v) is 4.69. The van der Waals surface area contributed by atoms with Gasteiger partial charge in [0.1, 0.15) is 11.6 Å². The van der Waals surface area contributed by atoms with Crippen LogP contribution in [0, 0.1) is 0 Å². The highest BCUT2D eigenvalue weighted by molar-refractivity contribution is 5.07. The maximum Gasteiger partial charge on any atom is 0.122 e. The van der Waals surface area contributed by atoms with Crippen molar-refractivity contribution in [3.8, 4) is 0 Å². The number of hydrogen-bond donors (Lipinski definition) is 1. The van der Waals surface area contributed by atoms with Crippen molar-refractivity contribution in [1.82, 2.24) is 14.5 Å². The molecule has 5 heteroatoms. The van der Waals surface area contributed by atoms with Crippen LogP contribution >= 0.6 is 0 Å². The number of likely N-dealkylation sites (N-methyl/N-ethyl adjacent to an activating group) is 1. The van der Waals surface area contributed by atoms with Crippen LogP contribution in [-0.2, 0) is 13.6 Å². The molecule has 0 radical (unpaired) electrons. The Balaban J connectivity index is 2.14. The molecule has 0 aliphatic heterocycles. The van der Waals surface area contributed by atoms with E-state index in [4.69, 9.17) is 10.2 Å². The third-order valence-electron chi connectivity index (χ3n) is 3.12. The summed E-state index contributed by atoms with van der Waals surface area (Å²) in [7, 11) is 4.02. The molecular formula is C13H20N4O. The number of hydrogen-bond acceptors (Lipinski definition) is 4. The van der Waals surface area contributed by atoms with Crippen molar-refractivity contribution in [2.75, 3.05) is 7.05 Å². The van der Waals surface area contributed by atoms with Gasteiger partial charge in [-0.05, 0) is 26.1 Å². The minimum absolute atomic E-state index is 0.0126. The van der Waals surface area contributed by atoms with E-state index < -0.39 is 0 Å². The number of nitrogens with zero attached hydrogens (tertiary/aromatic N) is 3. The summed E-state index contributed by atoms with van der Waals surface area (Å²) in [5.41, 5.74) is 6.07. The molecule has 2 atom stereocenters. The first-order valence-electron chi connectivity index (χ1n) is 6.05. The number of nitrogens with two attached hydrogens (primary N) is 1. The van der Waals surface area contributed by atoms with E-state index in [1.54, 1.807) is 12.5 Å². The molecule has 0 saturated heterocycles. The van der Waals surface area contributed by atoms with Crippen molar-refractivity contribution in [2.24, 2.45) is 12.8 Å². The van der Waals surface area contributed by atoms with Gasteiger partial charge in [-0.15, -0.1) is 0 Å². The topological polar surface area (TPSA) is 60.2 Å².